The Hall–Kier alpha value is -2.35. The van der Waals surface area contributed by atoms with Crippen LogP contribution in [0.4, 0.5) is 0 Å². The molecule has 0 fully saturated rings. The van der Waals surface area contributed by atoms with Crippen LogP contribution in [0.1, 0.15) is 31.4 Å². The van der Waals surface area contributed by atoms with Crippen molar-refractivity contribution < 1.29 is 5.48 Å². The third-order valence-corrected chi connectivity index (χ3v) is 3.69. The summed E-state index contributed by atoms with van der Waals surface area (Å²) in [5.41, 5.74) is 18.1. The summed E-state index contributed by atoms with van der Waals surface area (Å²) in [4.78, 5) is 0. The molecule has 0 aromatic heterocycles. The van der Waals surface area contributed by atoms with Crippen LogP contribution in [-0.4, -0.2) is 29.3 Å². The van der Waals surface area contributed by atoms with Gasteiger partial charge in [-0.3, -0.25) is 10.8 Å². The van der Waals surface area contributed by atoms with Gasteiger partial charge in [0.05, 0.1) is 5.84 Å². The highest BCUT2D eigenvalue weighted by molar-refractivity contribution is 8.13. The molecule has 0 atom stereocenters. The van der Waals surface area contributed by atoms with Gasteiger partial charge in [-0.1, -0.05) is 79.9 Å². The fraction of sp³-hybridized carbons (Fsp3) is 0.333. The summed E-state index contributed by atoms with van der Waals surface area (Å²) < 4.78 is 0. The Bertz CT molecular complexity index is 609. The van der Waals surface area contributed by atoms with Crippen molar-refractivity contribution in [3.8, 4) is 0 Å². The van der Waals surface area contributed by atoms with Crippen molar-refractivity contribution >= 4 is 22.8 Å². The monoisotopic (exact) mass is 407 g/mol. The second-order valence-electron chi connectivity index (χ2n) is 5.46. The third kappa shape index (κ3) is 20.0. The predicted molar refractivity (Wildman–Crippen MR) is 126 cm³/mol. The summed E-state index contributed by atoms with van der Waals surface area (Å²) in [5.74, 6) is 0.283. The number of rotatable bonds is 6. The largest absolute Gasteiger partial charge is 0.412 e. The molecule has 2 aromatic rings. The van der Waals surface area contributed by atoms with E-state index in [4.69, 9.17) is 28.0 Å². The lowest BCUT2D eigenvalue weighted by Gasteiger charge is -1.99. The highest BCUT2D eigenvalue weighted by Crippen LogP contribution is 2.03. The van der Waals surface area contributed by atoms with Crippen LogP contribution >= 0.6 is 11.8 Å². The van der Waals surface area contributed by atoms with Crippen LogP contribution in [-0.2, 0) is 12.8 Å². The first kappa shape index (κ1) is 30.4. The number of hydrogen-bond acceptors (Lipinski definition) is 4. The van der Waals surface area contributed by atoms with Gasteiger partial charge in [-0.15, -0.1) is 0 Å². The zero-order chi connectivity index (χ0) is 19.6. The molecule has 0 radical (unpaired) electrons. The Kier molecular flexibility index (Phi) is 22.7. The second kappa shape index (κ2) is 21.0. The quantitative estimate of drug-likeness (QED) is 0.368. The Morgan fingerprint density at radius 2 is 1.25 bits per heavy atom. The molecule has 0 saturated carbocycles. The van der Waals surface area contributed by atoms with Gasteiger partial charge in [-0.2, -0.15) is 0 Å². The number of thioether (sulfide) groups is 1. The van der Waals surface area contributed by atoms with Gasteiger partial charge in [0.25, 0.3) is 0 Å². The average Bonchev–Trinajstić information content (AvgIpc) is 2.64. The molecular formula is C21H37N5OS. The lowest BCUT2D eigenvalue weighted by atomic mass is 10.1. The molecule has 0 aliphatic rings. The molecular weight excluding hydrogens is 370 g/mol. The molecule has 28 heavy (non-hydrogen) atoms. The van der Waals surface area contributed by atoms with Crippen LogP contribution in [0.25, 0.3) is 0 Å². The number of nitrogens with two attached hydrogens (primary N) is 3. The van der Waals surface area contributed by atoms with Gasteiger partial charge in [-0.25, -0.2) is 0 Å². The van der Waals surface area contributed by atoms with E-state index < -0.39 is 0 Å². The van der Waals surface area contributed by atoms with Gasteiger partial charge in [0.1, 0.15) is 0 Å². The van der Waals surface area contributed by atoms with E-state index in [9.17, 15) is 0 Å². The molecule has 0 aliphatic heterocycles. The third-order valence-electron chi connectivity index (χ3n) is 3.25. The first-order valence-electron chi connectivity index (χ1n) is 8.48. The maximum absolute atomic E-state index is 7.04. The molecule has 2 rings (SSSR count). The summed E-state index contributed by atoms with van der Waals surface area (Å²) in [7, 11) is 0. The van der Waals surface area contributed by atoms with Gasteiger partial charge in [-0.05, 0) is 43.2 Å². The molecule has 0 saturated heterocycles. The van der Waals surface area contributed by atoms with Gasteiger partial charge < -0.3 is 22.7 Å². The maximum Gasteiger partial charge on any atom is 0.150 e. The Balaban J connectivity index is -0.000000349. The molecule has 0 amide bonds. The summed E-state index contributed by atoms with van der Waals surface area (Å²) in [6.07, 6.45) is 5.44. The van der Waals surface area contributed by atoms with E-state index in [1.54, 1.807) is 6.26 Å². The Labute approximate surface area is 174 Å². The molecule has 10 N–H and O–H groups in total. The normalized spacial score (nSPS) is 8.50. The van der Waals surface area contributed by atoms with Crippen LogP contribution in [0, 0.1) is 10.8 Å². The predicted octanol–water partition coefficient (Wildman–Crippen LogP) is 3.19. The standard InChI is InChI=1S/C10H14N2.C8H11N.C2H6N2S.CH4.H2O/c11-10(12)8-4-7-9-5-2-1-3-6-9;9-7-6-8-4-2-1-3-5-8;1-5-2(3)4;;/h1-3,5-6H,4,7-8H2,(H3,11,12);1-5H,6-7,9H2;1H3,(H3,3,4);1H4;1H2. The Morgan fingerprint density at radius 3 is 1.57 bits per heavy atom. The number of hydrogen-bond donors (Lipinski definition) is 5. The van der Waals surface area contributed by atoms with E-state index in [1.165, 1.54) is 22.9 Å². The minimum absolute atomic E-state index is 0. The van der Waals surface area contributed by atoms with E-state index in [1.807, 2.05) is 36.4 Å². The van der Waals surface area contributed by atoms with Crippen LogP contribution in [0.15, 0.2) is 60.7 Å². The van der Waals surface area contributed by atoms with E-state index in [0.29, 0.717) is 6.42 Å². The highest BCUT2D eigenvalue weighted by Gasteiger charge is 1.92. The molecule has 158 valence electrons. The van der Waals surface area contributed by atoms with Crippen molar-refractivity contribution in [3.05, 3.63) is 71.8 Å². The molecule has 0 aliphatic carbocycles. The fourth-order valence-electron chi connectivity index (χ4n) is 1.94. The molecule has 6 nitrogen and oxygen atoms in total. The molecule has 7 heteroatoms. The molecule has 0 unspecified atom stereocenters. The van der Waals surface area contributed by atoms with Crippen molar-refractivity contribution in [2.45, 2.75) is 33.1 Å². The van der Waals surface area contributed by atoms with E-state index in [2.05, 4.69) is 24.3 Å². The van der Waals surface area contributed by atoms with Crippen LogP contribution < -0.4 is 17.2 Å². The van der Waals surface area contributed by atoms with Crippen molar-refractivity contribution in [3.63, 3.8) is 0 Å². The van der Waals surface area contributed by atoms with Crippen LogP contribution in [0.3, 0.4) is 0 Å². The van der Waals surface area contributed by atoms with Gasteiger partial charge in [0.2, 0.25) is 0 Å². The van der Waals surface area contributed by atoms with E-state index in [-0.39, 0.29) is 23.9 Å². The first-order chi connectivity index (χ1) is 12.5. The van der Waals surface area contributed by atoms with Crippen molar-refractivity contribution in [2.75, 3.05) is 12.8 Å². The van der Waals surface area contributed by atoms with E-state index in [0.717, 1.165) is 25.8 Å². The van der Waals surface area contributed by atoms with Gasteiger partial charge in [0.15, 0.2) is 5.17 Å². The van der Waals surface area contributed by atoms with Crippen LogP contribution in [0.5, 0.6) is 0 Å². The average molecular weight is 408 g/mol. The SMILES string of the molecule is C.CSC(=N)N.N=C(N)CCCc1ccccc1.NCCc1ccccc1.O. The minimum Gasteiger partial charge on any atom is -0.412 e. The van der Waals surface area contributed by atoms with E-state index >= 15 is 0 Å². The fourth-order valence-corrected chi connectivity index (χ4v) is 1.94. The first-order valence-corrected chi connectivity index (χ1v) is 9.70. The second-order valence-corrected chi connectivity index (χ2v) is 6.31. The summed E-state index contributed by atoms with van der Waals surface area (Å²) in [6.45, 7) is 0.740. The van der Waals surface area contributed by atoms with Crippen molar-refractivity contribution in [1.82, 2.24) is 0 Å². The number of benzene rings is 2. The molecule has 0 bridgehead atoms. The number of amidine groups is 2. The summed E-state index contributed by atoms with van der Waals surface area (Å²) >= 11 is 1.24. The van der Waals surface area contributed by atoms with Gasteiger partial charge in [0, 0.05) is 6.42 Å². The van der Waals surface area contributed by atoms with Crippen molar-refractivity contribution in [2.24, 2.45) is 17.2 Å². The number of aryl methyl sites for hydroxylation is 1. The van der Waals surface area contributed by atoms with Crippen LogP contribution in [0.2, 0.25) is 0 Å². The molecule has 2 aromatic carbocycles. The highest BCUT2D eigenvalue weighted by atomic mass is 32.2. The summed E-state index contributed by atoms with van der Waals surface area (Å²) in [5, 5.41) is 13.7. The summed E-state index contributed by atoms with van der Waals surface area (Å²) in [6, 6.07) is 20.5. The Morgan fingerprint density at radius 1 is 0.857 bits per heavy atom. The topological polar surface area (TPSA) is 157 Å². The van der Waals surface area contributed by atoms with Gasteiger partial charge >= 0.3 is 0 Å². The lowest BCUT2D eigenvalue weighted by Crippen LogP contribution is -2.08. The number of nitrogens with one attached hydrogen (secondary N) is 2. The molecule has 0 heterocycles. The minimum atomic E-state index is 0. The van der Waals surface area contributed by atoms with Crippen molar-refractivity contribution in [1.29, 1.82) is 10.8 Å². The zero-order valence-electron chi connectivity index (χ0n) is 15.9. The zero-order valence-corrected chi connectivity index (χ0v) is 16.8. The maximum atomic E-state index is 7.04. The smallest absolute Gasteiger partial charge is 0.150 e. The molecule has 0 spiro atoms. The lowest BCUT2D eigenvalue weighted by molar-refractivity contribution is 0.824.